The minimum Gasteiger partial charge on any atom is -0.475 e. The molecule has 116 valence electrons. The van der Waals surface area contributed by atoms with E-state index in [1.54, 1.807) is 13.3 Å². The zero-order valence-corrected chi connectivity index (χ0v) is 13.1. The topological polar surface area (TPSA) is 60.5 Å². The molecule has 5 nitrogen and oxygen atoms in total. The summed E-state index contributed by atoms with van der Waals surface area (Å²) in [6, 6.07) is 1.89. The van der Waals surface area contributed by atoms with Gasteiger partial charge in [-0.2, -0.15) is 0 Å². The van der Waals surface area contributed by atoms with E-state index < -0.39 is 0 Å². The van der Waals surface area contributed by atoms with Crippen molar-refractivity contribution in [2.24, 2.45) is 5.41 Å². The van der Waals surface area contributed by atoms with Crippen molar-refractivity contribution in [3.05, 3.63) is 17.8 Å². The molecule has 1 N–H and O–H groups in total. The molecule has 0 saturated heterocycles. The number of nitrogens with zero attached hydrogens (tertiary/aromatic N) is 1. The zero-order chi connectivity index (χ0) is 15.3. The molecule has 0 spiro atoms. The lowest BCUT2D eigenvalue weighted by atomic mass is 9.88. The highest BCUT2D eigenvalue weighted by Gasteiger charge is 2.36. The predicted octanol–water partition coefficient (Wildman–Crippen LogP) is 2.93. The van der Waals surface area contributed by atoms with Crippen molar-refractivity contribution in [1.82, 2.24) is 4.98 Å². The van der Waals surface area contributed by atoms with Gasteiger partial charge in [-0.25, -0.2) is 4.98 Å². The highest BCUT2D eigenvalue weighted by atomic mass is 16.5. The number of methoxy groups -OCH3 is 1. The molecule has 0 atom stereocenters. The maximum atomic E-state index is 12.4. The molecular weight excluding hydrogens is 268 g/mol. The van der Waals surface area contributed by atoms with Gasteiger partial charge in [0.2, 0.25) is 11.8 Å². The van der Waals surface area contributed by atoms with Gasteiger partial charge in [-0.05, 0) is 25.8 Å². The third-order valence-electron chi connectivity index (χ3n) is 4.07. The van der Waals surface area contributed by atoms with Crippen LogP contribution in [0.15, 0.2) is 12.3 Å². The van der Waals surface area contributed by atoms with Gasteiger partial charge in [0.1, 0.15) is 6.61 Å². The molecule has 1 amide bonds. The summed E-state index contributed by atoms with van der Waals surface area (Å²) in [5.41, 5.74) is 1.40. The van der Waals surface area contributed by atoms with Gasteiger partial charge in [0.15, 0.2) is 0 Å². The Bertz CT molecular complexity index is 496. The first-order valence-corrected chi connectivity index (χ1v) is 7.45. The first kappa shape index (κ1) is 15.8. The van der Waals surface area contributed by atoms with Crippen LogP contribution in [0.3, 0.4) is 0 Å². The van der Waals surface area contributed by atoms with Crippen molar-refractivity contribution in [3.63, 3.8) is 0 Å². The number of nitrogens with one attached hydrogen (secondary N) is 1. The van der Waals surface area contributed by atoms with Gasteiger partial charge < -0.3 is 14.8 Å². The monoisotopic (exact) mass is 292 g/mol. The third kappa shape index (κ3) is 3.94. The van der Waals surface area contributed by atoms with Gasteiger partial charge in [0, 0.05) is 18.1 Å². The predicted molar refractivity (Wildman–Crippen MR) is 81.5 cm³/mol. The Labute approximate surface area is 126 Å². The molecule has 1 fully saturated rings. The average Bonchev–Trinajstić information content (AvgIpc) is 2.90. The van der Waals surface area contributed by atoms with E-state index in [4.69, 9.17) is 9.47 Å². The number of pyridine rings is 1. The van der Waals surface area contributed by atoms with E-state index in [0.717, 1.165) is 36.9 Å². The van der Waals surface area contributed by atoms with Crippen LogP contribution in [0.1, 0.15) is 38.2 Å². The Morgan fingerprint density at radius 2 is 2.10 bits per heavy atom. The van der Waals surface area contributed by atoms with Crippen LogP contribution in [0, 0.1) is 12.3 Å². The van der Waals surface area contributed by atoms with Crippen molar-refractivity contribution >= 4 is 11.6 Å². The van der Waals surface area contributed by atoms with E-state index in [2.05, 4.69) is 10.3 Å². The van der Waals surface area contributed by atoms with E-state index in [-0.39, 0.29) is 11.3 Å². The van der Waals surface area contributed by atoms with Gasteiger partial charge in [0.05, 0.1) is 18.5 Å². The van der Waals surface area contributed by atoms with Crippen LogP contribution in [0.25, 0.3) is 0 Å². The van der Waals surface area contributed by atoms with E-state index in [1.165, 1.54) is 0 Å². The fourth-order valence-corrected chi connectivity index (χ4v) is 2.67. The number of carbonyl (C=O) groups excluding carboxylic acids is 1. The minimum absolute atomic E-state index is 0.0919. The van der Waals surface area contributed by atoms with Gasteiger partial charge in [-0.3, -0.25) is 4.79 Å². The quantitative estimate of drug-likeness (QED) is 0.819. The van der Waals surface area contributed by atoms with Crippen LogP contribution < -0.4 is 10.1 Å². The summed E-state index contributed by atoms with van der Waals surface area (Å²) in [5.74, 6) is 0.673. The van der Waals surface area contributed by atoms with Crippen LogP contribution >= 0.6 is 0 Å². The maximum absolute atomic E-state index is 12.4. The Morgan fingerprint density at radius 3 is 2.71 bits per heavy atom. The molecular formula is C16H24N2O3. The molecule has 0 radical (unpaired) electrons. The lowest BCUT2D eigenvalue weighted by Gasteiger charge is -2.22. The van der Waals surface area contributed by atoms with Crippen LogP contribution in [0.2, 0.25) is 0 Å². The first-order chi connectivity index (χ1) is 10.0. The summed E-state index contributed by atoms with van der Waals surface area (Å²) in [5, 5.41) is 2.98. The molecule has 1 heterocycles. The molecule has 21 heavy (non-hydrogen) atoms. The van der Waals surface area contributed by atoms with Crippen LogP contribution in [-0.2, 0) is 9.53 Å². The first-order valence-electron chi connectivity index (χ1n) is 7.45. The van der Waals surface area contributed by atoms with Gasteiger partial charge in [0.25, 0.3) is 0 Å². The van der Waals surface area contributed by atoms with Crippen molar-refractivity contribution in [1.29, 1.82) is 0 Å². The SMILES string of the molecule is COCCOc1ncc(NC(=O)C2(C)CCCC2)cc1C. The summed E-state index contributed by atoms with van der Waals surface area (Å²) in [6.45, 7) is 4.95. The molecule has 0 aliphatic heterocycles. The summed E-state index contributed by atoms with van der Waals surface area (Å²) in [6.07, 6.45) is 5.83. The fourth-order valence-electron chi connectivity index (χ4n) is 2.67. The number of ether oxygens (including phenoxy) is 2. The highest BCUT2D eigenvalue weighted by Crippen LogP contribution is 2.38. The number of rotatable bonds is 6. The summed E-state index contributed by atoms with van der Waals surface area (Å²) in [7, 11) is 1.63. The molecule has 5 heteroatoms. The van der Waals surface area contributed by atoms with Crippen LogP contribution in [0.4, 0.5) is 5.69 Å². The second kappa shape index (κ2) is 6.89. The van der Waals surface area contributed by atoms with Gasteiger partial charge in [-0.1, -0.05) is 19.8 Å². The molecule has 1 saturated carbocycles. The van der Waals surface area contributed by atoms with E-state index in [9.17, 15) is 4.79 Å². The van der Waals surface area contributed by atoms with E-state index >= 15 is 0 Å². The lowest BCUT2D eigenvalue weighted by molar-refractivity contribution is -0.124. The Morgan fingerprint density at radius 1 is 1.38 bits per heavy atom. The fraction of sp³-hybridized carbons (Fsp3) is 0.625. The van der Waals surface area contributed by atoms with Crippen molar-refractivity contribution in [2.75, 3.05) is 25.6 Å². The summed E-state index contributed by atoms with van der Waals surface area (Å²) >= 11 is 0. The van der Waals surface area contributed by atoms with Gasteiger partial charge in [-0.15, -0.1) is 0 Å². The molecule has 2 rings (SSSR count). The van der Waals surface area contributed by atoms with Crippen molar-refractivity contribution in [3.8, 4) is 5.88 Å². The zero-order valence-electron chi connectivity index (χ0n) is 13.1. The molecule has 0 unspecified atom stereocenters. The molecule has 1 aromatic heterocycles. The smallest absolute Gasteiger partial charge is 0.230 e. The second-order valence-electron chi connectivity index (χ2n) is 5.91. The number of aryl methyl sites for hydroxylation is 1. The summed E-state index contributed by atoms with van der Waals surface area (Å²) < 4.78 is 10.4. The Balaban J connectivity index is 1.98. The number of amides is 1. The molecule has 0 aromatic carbocycles. The highest BCUT2D eigenvalue weighted by molar-refractivity contribution is 5.95. The number of anilines is 1. The van der Waals surface area contributed by atoms with E-state index in [0.29, 0.717) is 19.1 Å². The largest absolute Gasteiger partial charge is 0.475 e. The number of hydrogen-bond donors (Lipinski definition) is 1. The molecule has 1 aliphatic carbocycles. The van der Waals surface area contributed by atoms with E-state index in [1.807, 2.05) is 19.9 Å². The minimum atomic E-state index is -0.235. The van der Waals surface area contributed by atoms with Crippen molar-refractivity contribution in [2.45, 2.75) is 39.5 Å². The van der Waals surface area contributed by atoms with Crippen LogP contribution in [-0.4, -0.2) is 31.2 Å². The standard InChI is InChI=1S/C16H24N2O3/c1-12-10-13(11-17-14(12)21-9-8-20-3)18-15(19)16(2)6-4-5-7-16/h10-11H,4-9H2,1-3H3,(H,18,19). The lowest BCUT2D eigenvalue weighted by Crippen LogP contribution is -2.30. The molecule has 1 aromatic rings. The third-order valence-corrected chi connectivity index (χ3v) is 4.07. The number of hydrogen-bond acceptors (Lipinski definition) is 4. The van der Waals surface area contributed by atoms with Crippen molar-refractivity contribution < 1.29 is 14.3 Å². The summed E-state index contributed by atoms with van der Waals surface area (Å²) in [4.78, 5) is 16.6. The Kier molecular flexibility index (Phi) is 5.17. The number of carbonyl (C=O) groups is 1. The molecule has 1 aliphatic rings. The average molecular weight is 292 g/mol. The second-order valence-corrected chi connectivity index (χ2v) is 5.91. The number of aromatic nitrogens is 1. The Hall–Kier alpha value is -1.62. The van der Waals surface area contributed by atoms with Gasteiger partial charge >= 0.3 is 0 Å². The van der Waals surface area contributed by atoms with Crippen LogP contribution in [0.5, 0.6) is 5.88 Å². The molecule has 0 bridgehead atoms. The maximum Gasteiger partial charge on any atom is 0.230 e. The normalized spacial score (nSPS) is 16.7.